The minimum absolute atomic E-state index is 0.0113. The molecular weight excluding hydrogens is 931 g/mol. The molecule has 17 heteroatoms. The van der Waals surface area contributed by atoms with E-state index in [2.05, 4.69) is 27.8 Å². The molecule has 4 heterocycles. The number of rotatable bonds is 20. The molecule has 0 bridgehead atoms. The predicted molar refractivity (Wildman–Crippen MR) is 278 cm³/mol. The summed E-state index contributed by atoms with van der Waals surface area (Å²) in [6.07, 6.45) is 10.4. The number of anilines is 3. The highest BCUT2D eigenvalue weighted by Crippen LogP contribution is 2.43. The van der Waals surface area contributed by atoms with Gasteiger partial charge in [0.1, 0.15) is 31.1 Å². The zero-order valence-corrected chi connectivity index (χ0v) is 42.0. The number of para-hydroxylation sites is 1. The van der Waals surface area contributed by atoms with E-state index < -0.39 is 23.9 Å². The SMILES string of the molecule is C=CC1=C(/C=C\C)C[C@H]2CNc3cc(OCc4cc(COc5cc6c(cc5OC)C(=O)N5c7ccccc7C[C@H]5C=N6)cc(NC(=O)[C@H](C)NC(=O)[C@H](C)NC(=O)CCCCC(C)=O)c4)c(OC)cc3C(=O)N12. The minimum Gasteiger partial charge on any atom is -0.493 e. The second-order valence-electron chi connectivity index (χ2n) is 18.5. The Balaban J connectivity index is 1.02. The highest BCUT2D eigenvalue weighted by Gasteiger charge is 2.39. The first-order valence-electron chi connectivity index (χ1n) is 24.4. The van der Waals surface area contributed by atoms with Crippen LogP contribution < -0.4 is 45.1 Å². The third-order valence-electron chi connectivity index (χ3n) is 13.2. The molecule has 4 aliphatic heterocycles. The van der Waals surface area contributed by atoms with Gasteiger partial charge in [-0.3, -0.25) is 33.9 Å². The van der Waals surface area contributed by atoms with E-state index >= 15 is 0 Å². The lowest BCUT2D eigenvalue weighted by Gasteiger charge is -2.24. The van der Waals surface area contributed by atoms with Gasteiger partial charge in [-0.05, 0) is 112 Å². The largest absolute Gasteiger partial charge is 0.493 e. The number of hydrogen-bond acceptors (Lipinski definition) is 12. The van der Waals surface area contributed by atoms with Gasteiger partial charge in [-0.1, -0.05) is 36.9 Å². The molecule has 4 aliphatic rings. The molecule has 0 unspecified atom stereocenters. The first kappa shape index (κ1) is 51.2. The number of aliphatic imine (C=N–C) groups is 1. The molecule has 0 fully saturated rings. The number of benzene rings is 4. The van der Waals surface area contributed by atoms with Crippen LogP contribution in [0.2, 0.25) is 0 Å². The number of unbranched alkanes of at least 4 members (excludes halogenated alkanes) is 1. The molecule has 0 spiro atoms. The van der Waals surface area contributed by atoms with E-state index in [1.165, 1.54) is 35.0 Å². The van der Waals surface area contributed by atoms with Crippen molar-refractivity contribution >= 4 is 64.3 Å². The van der Waals surface area contributed by atoms with E-state index in [0.717, 1.165) is 22.5 Å². The second kappa shape index (κ2) is 22.5. The van der Waals surface area contributed by atoms with E-state index in [-0.39, 0.29) is 55.2 Å². The predicted octanol–water partition coefficient (Wildman–Crippen LogP) is 7.90. The number of carbonyl (C=O) groups excluding carboxylic acids is 6. The molecule has 4 aromatic carbocycles. The van der Waals surface area contributed by atoms with Crippen molar-refractivity contribution in [3.05, 3.63) is 131 Å². The smallest absolute Gasteiger partial charge is 0.261 e. The van der Waals surface area contributed by atoms with Gasteiger partial charge in [0.15, 0.2) is 23.0 Å². The van der Waals surface area contributed by atoms with Crippen LogP contribution >= 0.6 is 0 Å². The van der Waals surface area contributed by atoms with Gasteiger partial charge in [-0.25, -0.2) is 0 Å². The van der Waals surface area contributed by atoms with Gasteiger partial charge in [-0.2, -0.15) is 0 Å². The number of nitrogens with zero attached hydrogens (tertiary/aromatic N) is 3. The number of allylic oxidation sites excluding steroid dienone is 3. The number of ether oxygens (including phenoxy) is 4. The third kappa shape index (κ3) is 11.3. The van der Waals surface area contributed by atoms with Gasteiger partial charge in [0.05, 0.1) is 48.8 Å². The third-order valence-corrected chi connectivity index (χ3v) is 13.2. The number of ketones is 1. The molecule has 380 valence electrons. The van der Waals surface area contributed by atoms with Crippen molar-refractivity contribution in [3.63, 3.8) is 0 Å². The average molecular weight is 992 g/mol. The lowest BCUT2D eigenvalue weighted by molar-refractivity contribution is -0.130. The fourth-order valence-electron chi connectivity index (χ4n) is 9.54. The average Bonchev–Trinajstić information content (AvgIpc) is 3.85. The molecule has 73 heavy (non-hydrogen) atoms. The number of carbonyl (C=O) groups is 6. The molecule has 4 atom stereocenters. The lowest BCUT2D eigenvalue weighted by atomic mass is 10.1. The Morgan fingerprint density at radius 3 is 2.15 bits per heavy atom. The number of methoxy groups -OCH3 is 2. The van der Waals surface area contributed by atoms with E-state index in [1.54, 1.807) is 58.5 Å². The first-order chi connectivity index (χ1) is 35.2. The van der Waals surface area contributed by atoms with Crippen LogP contribution in [0.4, 0.5) is 22.7 Å². The van der Waals surface area contributed by atoms with Crippen molar-refractivity contribution in [2.24, 2.45) is 4.99 Å². The van der Waals surface area contributed by atoms with Crippen LogP contribution in [0.15, 0.2) is 108 Å². The minimum atomic E-state index is -1.01. The molecule has 0 aliphatic carbocycles. The standard InChI is InChI=1S/C56H61N7O10/c1-8-14-37-22-40-28-57-44-26-50(48(70-6)24-42(44)55(68)62(40)46(37)9-2)72-30-35-19-36(21-39(20-35)61-54(67)34(5)60-53(66)33(4)59-52(65)18-13-10-15-32(3)64)31-73-51-27-45-43(25-49(51)71-7)56(69)63-41(29-58-45)23-38-16-11-12-17-47(38)63/h8-9,11-12,14,16-17,19-21,24-27,29,33-34,40-41,57H,2,10,13,15,18,22-23,28,30-31H2,1,3-7H3,(H,59,65)(H,60,66)(H,61,67)/b14-8-/t33-,34-,40-,41-/m0/s1. The highest BCUT2D eigenvalue weighted by molar-refractivity contribution is 6.15. The normalized spacial score (nSPS) is 17.2. The van der Waals surface area contributed by atoms with E-state index in [0.29, 0.717) is 101 Å². The summed E-state index contributed by atoms with van der Waals surface area (Å²) in [7, 11) is 2.99. The summed E-state index contributed by atoms with van der Waals surface area (Å²) in [5.74, 6) is -0.395. The van der Waals surface area contributed by atoms with Crippen molar-refractivity contribution < 1.29 is 47.7 Å². The Hall–Kier alpha value is -8.21. The number of fused-ring (bicyclic) bond motifs is 6. The molecule has 0 radical (unpaired) electrons. The summed E-state index contributed by atoms with van der Waals surface area (Å²) in [4.78, 5) is 87.1. The number of hydrogen-bond donors (Lipinski definition) is 4. The summed E-state index contributed by atoms with van der Waals surface area (Å²) >= 11 is 0. The molecule has 5 amide bonds. The fourth-order valence-corrected chi connectivity index (χ4v) is 9.54. The van der Waals surface area contributed by atoms with E-state index in [9.17, 15) is 28.8 Å². The van der Waals surface area contributed by atoms with Gasteiger partial charge in [-0.15, -0.1) is 0 Å². The van der Waals surface area contributed by atoms with Crippen LogP contribution in [0.3, 0.4) is 0 Å². The van der Waals surface area contributed by atoms with Crippen molar-refractivity contribution in [2.45, 2.75) is 104 Å². The summed E-state index contributed by atoms with van der Waals surface area (Å²) < 4.78 is 24.4. The Bertz CT molecular complexity index is 2960. The highest BCUT2D eigenvalue weighted by atomic mass is 16.5. The second-order valence-corrected chi connectivity index (χ2v) is 18.5. The monoisotopic (exact) mass is 991 g/mol. The number of Topliss-reactive ketones (excluding diaryl/α,β-unsaturated/α-hetero) is 1. The van der Waals surface area contributed by atoms with Crippen molar-refractivity contribution in [2.75, 3.05) is 36.3 Å². The molecule has 4 N–H and O–H groups in total. The van der Waals surface area contributed by atoms with Gasteiger partial charge in [0.25, 0.3) is 11.8 Å². The zero-order chi connectivity index (χ0) is 51.9. The lowest BCUT2D eigenvalue weighted by Crippen LogP contribution is -2.50. The van der Waals surface area contributed by atoms with Crippen LogP contribution in [-0.2, 0) is 38.8 Å². The van der Waals surface area contributed by atoms with Crippen LogP contribution in [-0.4, -0.2) is 91.4 Å². The molecule has 0 aromatic heterocycles. The Labute approximate surface area is 424 Å². The molecule has 4 aromatic rings. The molecule has 0 saturated carbocycles. The summed E-state index contributed by atoms with van der Waals surface area (Å²) in [5.41, 5.74) is 7.14. The number of amides is 5. The van der Waals surface area contributed by atoms with Gasteiger partial charge in [0.2, 0.25) is 17.7 Å². The topological polar surface area (TPSA) is 206 Å². The fraction of sp³-hybridized carbons (Fsp3) is 0.339. The summed E-state index contributed by atoms with van der Waals surface area (Å²) in [5, 5.41) is 11.7. The maximum Gasteiger partial charge on any atom is 0.261 e. The molecular formula is C56H61N7O10. The van der Waals surface area contributed by atoms with Gasteiger partial charge >= 0.3 is 0 Å². The van der Waals surface area contributed by atoms with E-state index in [4.69, 9.17) is 23.9 Å². The van der Waals surface area contributed by atoms with Crippen LogP contribution in [0, 0.1) is 0 Å². The number of nitrogens with one attached hydrogen (secondary N) is 4. The van der Waals surface area contributed by atoms with Gasteiger partial charge < -0.3 is 49.9 Å². The van der Waals surface area contributed by atoms with Crippen molar-refractivity contribution in [1.82, 2.24) is 15.5 Å². The maximum atomic E-state index is 14.1. The van der Waals surface area contributed by atoms with Crippen LogP contribution in [0.25, 0.3) is 0 Å². The summed E-state index contributed by atoms with van der Waals surface area (Å²) in [6.45, 7) is 11.0. The van der Waals surface area contributed by atoms with Crippen molar-refractivity contribution in [3.8, 4) is 23.0 Å². The quantitative estimate of drug-likeness (QED) is 0.0626. The Kier molecular flexibility index (Phi) is 15.7. The molecule has 8 rings (SSSR count). The zero-order valence-electron chi connectivity index (χ0n) is 42.0. The Morgan fingerprint density at radius 1 is 0.808 bits per heavy atom. The van der Waals surface area contributed by atoms with Crippen LogP contribution in [0.5, 0.6) is 23.0 Å². The maximum absolute atomic E-state index is 14.1. The molecule has 0 saturated heterocycles. The summed E-state index contributed by atoms with van der Waals surface area (Å²) in [6, 6.07) is 17.6. The molecule has 17 nitrogen and oxygen atoms in total. The Morgan fingerprint density at radius 2 is 1.47 bits per heavy atom. The first-order valence-corrected chi connectivity index (χ1v) is 24.4. The van der Waals surface area contributed by atoms with E-state index in [1.807, 2.05) is 49.4 Å². The van der Waals surface area contributed by atoms with Crippen molar-refractivity contribution in [1.29, 1.82) is 0 Å². The van der Waals surface area contributed by atoms with Gasteiger partial charge in [0, 0.05) is 61.2 Å². The van der Waals surface area contributed by atoms with Crippen LogP contribution in [0.1, 0.15) is 97.2 Å².